The van der Waals surface area contributed by atoms with Crippen molar-refractivity contribution in [2.24, 2.45) is 0 Å². The molecule has 3 amide bonds. The van der Waals surface area contributed by atoms with Crippen LogP contribution < -0.4 is 10.6 Å². The second kappa shape index (κ2) is 10.9. The monoisotopic (exact) mass is 389 g/mol. The first-order valence-electron chi connectivity index (χ1n) is 7.75. The molecule has 0 saturated carbocycles. The number of hydrogen-bond donors (Lipinski definition) is 2. The van der Waals surface area contributed by atoms with Gasteiger partial charge in [-0.05, 0) is 31.2 Å². The minimum absolute atomic E-state index is 0.0119. The summed E-state index contributed by atoms with van der Waals surface area (Å²) in [4.78, 5) is 36.5. The van der Waals surface area contributed by atoms with Crippen LogP contribution in [0.25, 0.3) is 0 Å². The maximum atomic E-state index is 12.0. The fourth-order valence-corrected chi connectivity index (χ4v) is 2.40. The average molecular weight is 390 g/mol. The molecule has 0 aliphatic heterocycles. The van der Waals surface area contributed by atoms with Crippen molar-refractivity contribution < 1.29 is 19.1 Å². The number of amides is 3. The van der Waals surface area contributed by atoms with Crippen LogP contribution in [0.3, 0.4) is 0 Å². The number of hydrogen-bond acceptors (Lipinski definition) is 5. The van der Waals surface area contributed by atoms with Crippen LogP contribution in [0.1, 0.15) is 19.4 Å². The molecule has 25 heavy (non-hydrogen) atoms. The van der Waals surface area contributed by atoms with Crippen molar-refractivity contribution in [3.05, 3.63) is 33.8 Å². The lowest BCUT2D eigenvalue weighted by Crippen LogP contribution is -2.44. The molecule has 0 aliphatic rings. The molecule has 1 rings (SSSR count). The molecule has 9 heteroatoms. The van der Waals surface area contributed by atoms with Crippen LogP contribution in [0.2, 0.25) is 10.0 Å². The molecule has 0 atom stereocenters. The van der Waals surface area contributed by atoms with E-state index in [9.17, 15) is 14.4 Å². The van der Waals surface area contributed by atoms with Crippen LogP contribution in [0, 0.1) is 0 Å². The van der Waals surface area contributed by atoms with E-state index in [-0.39, 0.29) is 32.1 Å². The summed E-state index contributed by atoms with van der Waals surface area (Å²) in [5, 5.41) is 5.80. The van der Waals surface area contributed by atoms with Gasteiger partial charge < -0.3 is 10.1 Å². The van der Waals surface area contributed by atoms with Gasteiger partial charge in [0.15, 0.2) is 0 Å². The normalized spacial score (nSPS) is 10.4. The van der Waals surface area contributed by atoms with Crippen molar-refractivity contribution in [2.75, 3.05) is 26.2 Å². The highest BCUT2D eigenvalue weighted by molar-refractivity contribution is 6.35. The molecule has 1 aromatic rings. The number of ether oxygens (including phenoxy) is 1. The third-order valence-corrected chi connectivity index (χ3v) is 3.78. The SMILES string of the molecule is CCOC(=O)NC(=O)CN(CC)CC(=O)NCc1ccc(Cl)cc1Cl. The Hall–Kier alpha value is -1.83. The van der Waals surface area contributed by atoms with Gasteiger partial charge in [-0.2, -0.15) is 0 Å². The van der Waals surface area contributed by atoms with E-state index < -0.39 is 12.0 Å². The molecular weight excluding hydrogens is 369 g/mol. The fourth-order valence-electron chi connectivity index (χ4n) is 1.92. The second-order valence-electron chi connectivity index (χ2n) is 5.08. The number of carbonyl (C=O) groups excluding carboxylic acids is 3. The van der Waals surface area contributed by atoms with Crippen molar-refractivity contribution in [1.82, 2.24) is 15.5 Å². The number of imide groups is 1. The lowest BCUT2D eigenvalue weighted by atomic mass is 10.2. The van der Waals surface area contributed by atoms with Gasteiger partial charge in [-0.25, -0.2) is 4.79 Å². The van der Waals surface area contributed by atoms with Crippen molar-refractivity contribution >= 4 is 41.1 Å². The van der Waals surface area contributed by atoms with Crippen LogP contribution in [-0.4, -0.2) is 49.0 Å². The smallest absolute Gasteiger partial charge is 0.413 e. The van der Waals surface area contributed by atoms with Gasteiger partial charge in [0.05, 0.1) is 19.7 Å². The highest BCUT2D eigenvalue weighted by Crippen LogP contribution is 2.20. The van der Waals surface area contributed by atoms with Gasteiger partial charge >= 0.3 is 6.09 Å². The molecule has 0 aromatic heterocycles. The lowest BCUT2D eigenvalue weighted by molar-refractivity contribution is -0.124. The zero-order valence-corrected chi connectivity index (χ0v) is 15.6. The van der Waals surface area contributed by atoms with Gasteiger partial charge in [-0.3, -0.25) is 19.8 Å². The topological polar surface area (TPSA) is 87.7 Å². The number of carbonyl (C=O) groups is 3. The number of rotatable bonds is 8. The molecule has 7 nitrogen and oxygen atoms in total. The molecule has 0 aliphatic carbocycles. The van der Waals surface area contributed by atoms with Gasteiger partial charge in [0.25, 0.3) is 0 Å². The first-order chi connectivity index (χ1) is 11.8. The average Bonchev–Trinajstić information content (AvgIpc) is 2.53. The number of alkyl carbamates (subject to hydrolysis) is 1. The van der Waals surface area contributed by atoms with Crippen molar-refractivity contribution in [1.29, 1.82) is 0 Å². The van der Waals surface area contributed by atoms with E-state index in [2.05, 4.69) is 15.4 Å². The zero-order valence-electron chi connectivity index (χ0n) is 14.1. The summed E-state index contributed by atoms with van der Waals surface area (Å²) in [7, 11) is 0. The number of likely N-dealkylation sites (N-methyl/N-ethyl adjacent to an activating group) is 1. The van der Waals surface area contributed by atoms with Crippen LogP contribution in [0.4, 0.5) is 4.79 Å². The molecule has 1 aromatic carbocycles. The predicted molar refractivity (Wildman–Crippen MR) is 95.6 cm³/mol. The van der Waals surface area contributed by atoms with E-state index in [1.807, 2.05) is 0 Å². The number of halogens is 2. The Morgan fingerprint density at radius 1 is 1.12 bits per heavy atom. The first-order valence-corrected chi connectivity index (χ1v) is 8.50. The van der Waals surface area contributed by atoms with Crippen LogP contribution in [-0.2, 0) is 20.9 Å². The maximum Gasteiger partial charge on any atom is 0.413 e. The van der Waals surface area contributed by atoms with Gasteiger partial charge in [0.2, 0.25) is 11.8 Å². The summed E-state index contributed by atoms with van der Waals surface area (Å²) < 4.78 is 4.63. The minimum atomic E-state index is -0.801. The molecule has 0 fully saturated rings. The van der Waals surface area contributed by atoms with Crippen molar-refractivity contribution in [3.63, 3.8) is 0 Å². The fraction of sp³-hybridized carbons (Fsp3) is 0.438. The molecule has 0 spiro atoms. The van der Waals surface area contributed by atoms with E-state index in [0.717, 1.165) is 5.56 Å². The number of nitrogens with one attached hydrogen (secondary N) is 2. The third kappa shape index (κ3) is 8.20. The van der Waals surface area contributed by atoms with Gasteiger partial charge in [-0.1, -0.05) is 36.2 Å². The minimum Gasteiger partial charge on any atom is -0.450 e. The molecule has 0 unspecified atom stereocenters. The Bertz CT molecular complexity index is 625. The highest BCUT2D eigenvalue weighted by atomic mass is 35.5. The Labute approximate surface area is 156 Å². The summed E-state index contributed by atoms with van der Waals surface area (Å²) >= 11 is 11.9. The standard InChI is InChI=1S/C16H21Cl2N3O4/c1-3-21(10-15(23)20-16(24)25-4-2)9-14(22)19-8-11-5-6-12(17)7-13(11)18/h5-7H,3-4,8-10H2,1-2H3,(H,19,22)(H,20,23,24). The molecular formula is C16H21Cl2N3O4. The zero-order chi connectivity index (χ0) is 18.8. The summed E-state index contributed by atoms with van der Waals surface area (Å²) in [6.45, 7) is 4.25. The molecule has 0 bridgehead atoms. The highest BCUT2D eigenvalue weighted by Gasteiger charge is 2.15. The van der Waals surface area contributed by atoms with Crippen molar-refractivity contribution in [2.45, 2.75) is 20.4 Å². The van der Waals surface area contributed by atoms with Gasteiger partial charge in [0, 0.05) is 16.6 Å². The van der Waals surface area contributed by atoms with E-state index in [1.54, 1.807) is 36.9 Å². The molecule has 0 saturated heterocycles. The largest absolute Gasteiger partial charge is 0.450 e. The predicted octanol–water partition coefficient (Wildman–Crippen LogP) is 2.20. The summed E-state index contributed by atoms with van der Waals surface area (Å²) in [5.74, 6) is -0.800. The van der Waals surface area contributed by atoms with Gasteiger partial charge in [-0.15, -0.1) is 0 Å². The third-order valence-electron chi connectivity index (χ3n) is 3.19. The molecule has 0 heterocycles. The van der Waals surface area contributed by atoms with E-state index in [0.29, 0.717) is 16.6 Å². The molecule has 138 valence electrons. The maximum absolute atomic E-state index is 12.0. The molecule has 2 N–H and O–H groups in total. The quantitative estimate of drug-likeness (QED) is 0.711. The van der Waals surface area contributed by atoms with E-state index in [4.69, 9.17) is 23.2 Å². The number of benzene rings is 1. The Kier molecular flexibility index (Phi) is 9.26. The second-order valence-corrected chi connectivity index (χ2v) is 5.93. The summed E-state index contributed by atoms with van der Waals surface area (Å²) in [6.07, 6.45) is -0.801. The van der Waals surface area contributed by atoms with Crippen LogP contribution >= 0.6 is 23.2 Å². The first kappa shape index (κ1) is 21.2. The summed E-state index contributed by atoms with van der Waals surface area (Å²) in [5.41, 5.74) is 0.738. The van der Waals surface area contributed by atoms with Gasteiger partial charge in [0.1, 0.15) is 0 Å². The van der Waals surface area contributed by atoms with Crippen LogP contribution in [0.15, 0.2) is 18.2 Å². The Morgan fingerprint density at radius 3 is 2.40 bits per heavy atom. The lowest BCUT2D eigenvalue weighted by Gasteiger charge is -2.19. The van der Waals surface area contributed by atoms with E-state index >= 15 is 0 Å². The number of nitrogens with zero attached hydrogens (tertiary/aromatic N) is 1. The van der Waals surface area contributed by atoms with E-state index in [1.165, 1.54) is 0 Å². The summed E-state index contributed by atoms with van der Waals surface area (Å²) in [6, 6.07) is 5.02. The van der Waals surface area contributed by atoms with Crippen LogP contribution in [0.5, 0.6) is 0 Å². The van der Waals surface area contributed by atoms with Crippen molar-refractivity contribution in [3.8, 4) is 0 Å². The molecule has 0 radical (unpaired) electrons. The Balaban J connectivity index is 2.44. The Morgan fingerprint density at radius 2 is 1.80 bits per heavy atom.